The van der Waals surface area contributed by atoms with Gasteiger partial charge in [-0.1, -0.05) is 12.1 Å². The Bertz CT molecular complexity index is 581. The number of benzene rings is 1. The molecule has 4 nitrogen and oxygen atoms in total. The zero-order valence-corrected chi connectivity index (χ0v) is 12.6. The molecule has 0 bridgehead atoms. The number of carbonyl (C=O) groups excluding carboxylic acids is 1. The van der Waals surface area contributed by atoms with Gasteiger partial charge < -0.3 is 15.3 Å². The average Bonchev–Trinajstić information content (AvgIpc) is 2.48. The van der Waals surface area contributed by atoms with Crippen LogP contribution in [0.4, 0.5) is 22.4 Å². The maximum atomic E-state index is 13.1. The molecule has 1 fully saturated rings. The molecule has 2 amide bonds. The van der Waals surface area contributed by atoms with E-state index in [-0.39, 0.29) is 25.5 Å². The van der Waals surface area contributed by atoms with E-state index in [4.69, 9.17) is 0 Å². The van der Waals surface area contributed by atoms with E-state index < -0.39 is 30.7 Å². The second-order valence-electron chi connectivity index (χ2n) is 5.76. The van der Waals surface area contributed by atoms with Crippen molar-refractivity contribution >= 4 is 6.03 Å². The second-order valence-corrected chi connectivity index (χ2v) is 5.76. The molecule has 0 atom stereocenters. The molecule has 0 unspecified atom stereocenters. The van der Waals surface area contributed by atoms with Crippen molar-refractivity contribution in [2.24, 2.45) is 0 Å². The molecular formula is C15H18F4N2O2. The number of halogens is 4. The molecule has 2 rings (SSSR count). The number of aryl methyl sites for hydroxylation is 1. The Balaban J connectivity index is 1.87. The van der Waals surface area contributed by atoms with Crippen LogP contribution in [0.3, 0.4) is 0 Å². The van der Waals surface area contributed by atoms with Crippen LogP contribution in [0.25, 0.3) is 0 Å². The maximum Gasteiger partial charge on any atom is 0.417 e. The minimum atomic E-state index is -4.69. The number of hydrogen-bond acceptors (Lipinski definition) is 2. The number of nitrogens with zero attached hydrogens (tertiary/aromatic N) is 1. The number of urea groups is 1. The molecule has 0 spiro atoms. The normalized spacial score (nSPS) is 17.9. The lowest BCUT2D eigenvalue weighted by Gasteiger charge is -2.39. The molecule has 0 radical (unpaired) electrons. The van der Waals surface area contributed by atoms with E-state index in [2.05, 4.69) is 5.32 Å². The summed E-state index contributed by atoms with van der Waals surface area (Å²) in [5, 5.41) is 12.1. The molecule has 0 saturated carbocycles. The number of rotatable bonds is 2. The van der Waals surface area contributed by atoms with Crippen molar-refractivity contribution in [1.82, 2.24) is 10.2 Å². The van der Waals surface area contributed by atoms with Gasteiger partial charge in [0.1, 0.15) is 5.82 Å². The van der Waals surface area contributed by atoms with Crippen LogP contribution in [0.2, 0.25) is 0 Å². The van der Waals surface area contributed by atoms with Gasteiger partial charge in [-0.05, 0) is 24.1 Å². The summed E-state index contributed by atoms with van der Waals surface area (Å²) in [6.45, 7) is 1.40. The SMILES string of the molecule is Cc1cc(CNC(=O)N2CCC(O)(C(F)(F)F)CC2)ccc1F. The molecule has 1 aromatic rings. The summed E-state index contributed by atoms with van der Waals surface area (Å²) in [6.07, 6.45) is -5.78. The highest BCUT2D eigenvalue weighted by Gasteiger charge is 2.54. The first-order chi connectivity index (χ1) is 10.6. The highest BCUT2D eigenvalue weighted by molar-refractivity contribution is 5.74. The summed E-state index contributed by atoms with van der Waals surface area (Å²) in [5.74, 6) is -0.345. The van der Waals surface area contributed by atoms with Gasteiger partial charge in [0.2, 0.25) is 0 Å². The number of carbonyl (C=O) groups is 1. The third-order valence-corrected chi connectivity index (χ3v) is 4.07. The number of hydrogen-bond donors (Lipinski definition) is 2. The second kappa shape index (κ2) is 6.35. The molecule has 128 valence electrons. The lowest BCUT2D eigenvalue weighted by Crippen LogP contribution is -2.55. The largest absolute Gasteiger partial charge is 0.417 e. The van der Waals surface area contributed by atoms with Crippen LogP contribution in [-0.2, 0) is 6.54 Å². The first kappa shape index (κ1) is 17.5. The van der Waals surface area contributed by atoms with E-state index in [0.29, 0.717) is 11.1 Å². The lowest BCUT2D eigenvalue weighted by molar-refractivity contribution is -0.271. The molecule has 0 aromatic heterocycles. The highest BCUT2D eigenvalue weighted by Crippen LogP contribution is 2.38. The van der Waals surface area contributed by atoms with E-state index >= 15 is 0 Å². The van der Waals surface area contributed by atoms with Crippen molar-refractivity contribution in [1.29, 1.82) is 0 Å². The van der Waals surface area contributed by atoms with Gasteiger partial charge in [-0.2, -0.15) is 13.2 Å². The van der Waals surface area contributed by atoms with Gasteiger partial charge in [0, 0.05) is 32.5 Å². The number of amides is 2. The Morgan fingerprint density at radius 1 is 1.35 bits per heavy atom. The van der Waals surface area contributed by atoms with Crippen molar-refractivity contribution in [3.05, 3.63) is 35.1 Å². The van der Waals surface area contributed by atoms with Crippen LogP contribution >= 0.6 is 0 Å². The quantitative estimate of drug-likeness (QED) is 0.817. The number of piperidine rings is 1. The van der Waals surface area contributed by atoms with Crippen molar-refractivity contribution < 1.29 is 27.5 Å². The van der Waals surface area contributed by atoms with Gasteiger partial charge in [-0.15, -0.1) is 0 Å². The van der Waals surface area contributed by atoms with Crippen molar-refractivity contribution in [2.75, 3.05) is 13.1 Å². The van der Waals surface area contributed by atoms with E-state index in [1.807, 2.05) is 0 Å². The zero-order chi connectivity index (χ0) is 17.3. The summed E-state index contributed by atoms with van der Waals surface area (Å²) in [7, 11) is 0. The van der Waals surface area contributed by atoms with Gasteiger partial charge in [0.25, 0.3) is 0 Å². The van der Waals surface area contributed by atoms with Crippen LogP contribution < -0.4 is 5.32 Å². The van der Waals surface area contributed by atoms with Crippen LogP contribution in [-0.4, -0.2) is 40.9 Å². The zero-order valence-electron chi connectivity index (χ0n) is 12.6. The molecule has 1 saturated heterocycles. The van der Waals surface area contributed by atoms with Gasteiger partial charge in [0.05, 0.1) is 0 Å². The summed E-state index contributed by atoms with van der Waals surface area (Å²) in [6, 6.07) is 3.91. The average molecular weight is 334 g/mol. The van der Waals surface area contributed by atoms with Gasteiger partial charge in [0.15, 0.2) is 5.60 Å². The maximum absolute atomic E-state index is 13.1. The number of nitrogens with one attached hydrogen (secondary N) is 1. The first-order valence-electron chi connectivity index (χ1n) is 7.19. The fourth-order valence-corrected chi connectivity index (χ4v) is 2.47. The topological polar surface area (TPSA) is 52.6 Å². The number of alkyl halides is 3. The summed E-state index contributed by atoms with van der Waals surface area (Å²) in [5.41, 5.74) is -1.58. The number of likely N-dealkylation sites (tertiary alicyclic amines) is 1. The first-order valence-corrected chi connectivity index (χ1v) is 7.19. The molecule has 23 heavy (non-hydrogen) atoms. The molecule has 2 N–H and O–H groups in total. The predicted molar refractivity (Wildman–Crippen MR) is 75.2 cm³/mol. The van der Waals surface area contributed by atoms with Gasteiger partial charge >= 0.3 is 12.2 Å². The smallest absolute Gasteiger partial charge is 0.380 e. The van der Waals surface area contributed by atoms with Crippen molar-refractivity contribution in [2.45, 2.75) is 38.1 Å². The molecule has 1 aliphatic heterocycles. The minimum absolute atomic E-state index is 0.153. The predicted octanol–water partition coefficient (Wildman–Crippen LogP) is 2.73. The molecule has 8 heteroatoms. The van der Waals surface area contributed by atoms with Gasteiger partial charge in [-0.25, -0.2) is 9.18 Å². The molecule has 1 aromatic carbocycles. The molecule has 1 heterocycles. The van der Waals surface area contributed by atoms with Crippen LogP contribution in [0.1, 0.15) is 24.0 Å². The van der Waals surface area contributed by atoms with Crippen LogP contribution in [0, 0.1) is 12.7 Å². The fraction of sp³-hybridized carbons (Fsp3) is 0.533. The van der Waals surface area contributed by atoms with E-state index in [9.17, 15) is 27.5 Å². The fourth-order valence-electron chi connectivity index (χ4n) is 2.47. The third-order valence-electron chi connectivity index (χ3n) is 4.07. The third kappa shape index (κ3) is 3.93. The summed E-state index contributed by atoms with van der Waals surface area (Å²) in [4.78, 5) is 13.2. The molecular weight excluding hydrogens is 316 g/mol. The van der Waals surface area contributed by atoms with Crippen LogP contribution in [0.5, 0.6) is 0 Å². The van der Waals surface area contributed by atoms with E-state index in [0.717, 1.165) is 0 Å². The standard InChI is InChI=1S/C15H18F4N2O2/c1-10-8-11(2-3-12(10)16)9-20-13(22)21-6-4-14(23,5-7-21)15(17,18)19/h2-3,8,23H,4-7,9H2,1H3,(H,20,22). The Morgan fingerprint density at radius 2 is 1.96 bits per heavy atom. The highest BCUT2D eigenvalue weighted by atomic mass is 19.4. The molecule has 0 aliphatic carbocycles. The monoisotopic (exact) mass is 334 g/mol. The molecule has 1 aliphatic rings. The summed E-state index contributed by atoms with van der Waals surface area (Å²) < 4.78 is 51.2. The van der Waals surface area contributed by atoms with E-state index in [1.54, 1.807) is 13.0 Å². The summed E-state index contributed by atoms with van der Waals surface area (Å²) >= 11 is 0. The van der Waals surface area contributed by atoms with Crippen molar-refractivity contribution in [3.8, 4) is 0 Å². The Labute approximate surface area is 131 Å². The lowest BCUT2D eigenvalue weighted by atomic mass is 9.91. The Kier molecular flexibility index (Phi) is 4.84. The van der Waals surface area contributed by atoms with Crippen molar-refractivity contribution in [3.63, 3.8) is 0 Å². The minimum Gasteiger partial charge on any atom is -0.380 e. The Hall–Kier alpha value is -1.83. The Morgan fingerprint density at radius 3 is 2.48 bits per heavy atom. The number of aliphatic hydroxyl groups is 1. The van der Waals surface area contributed by atoms with Crippen LogP contribution in [0.15, 0.2) is 18.2 Å². The van der Waals surface area contributed by atoms with Gasteiger partial charge in [-0.3, -0.25) is 0 Å². The van der Waals surface area contributed by atoms with E-state index in [1.165, 1.54) is 17.0 Å².